The number of nitrogens with one attached hydrogen (secondary N) is 1. The predicted molar refractivity (Wildman–Crippen MR) is 87.1 cm³/mol. The lowest BCUT2D eigenvalue weighted by Crippen LogP contribution is -2.52. The molecule has 6 heteroatoms. The Morgan fingerprint density at radius 3 is 2.52 bits per heavy atom. The first-order valence-electron chi connectivity index (χ1n) is 7.11. The molecule has 2 aromatic rings. The van der Waals surface area contributed by atoms with Crippen molar-refractivity contribution >= 4 is 23.5 Å². The van der Waals surface area contributed by atoms with E-state index in [4.69, 9.17) is 16.3 Å². The van der Waals surface area contributed by atoms with Crippen molar-refractivity contribution in [2.45, 2.75) is 18.9 Å². The zero-order valence-electron chi connectivity index (χ0n) is 12.9. The molecular formula is C17H17ClN2O3. The molecule has 1 amide bonds. The van der Waals surface area contributed by atoms with E-state index in [9.17, 15) is 9.59 Å². The van der Waals surface area contributed by atoms with Gasteiger partial charge in [0.1, 0.15) is 0 Å². The van der Waals surface area contributed by atoms with Crippen molar-refractivity contribution < 1.29 is 14.3 Å². The number of carbonyl (C=O) groups excluding carboxylic acids is 2. The SMILES string of the molecule is CC[C@@](NC(=O)c1ccncc1Cl)(C(=O)OC)c1ccccc1. The Balaban J connectivity index is 2.45. The maximum absolute atomic E-state index is 12.6. The number of aromatic nitrogens is 1. The molecule has 23 heavy (non-hydrogen) atoms. The molecule has 1 N–H and O–H groups in total. The van der Waals surface area contributed by atoms with Gasteiger partial charge in [-0.3, -0.25) is 9.78 Å². The molecule has 0 saturated heterocycles. The smallest absolute Gasteiger partial charge is 0.336 e. The predicted octanol–water partition coefficient (Wildman–Crippen LogP) is 2.94. The summed E-state index contributed by atoms with van der Waals surface area (Å²) < 4.78 is 4.93. The molecule has 0 fully saturated rings. The highest BCUT2D eigenvalue weighted by molar-refractivity contribution is 6.33. The molecule has 0 spiro atoms. The number of nitrogens with zero attached hydrogens (tertiary/aromatic N) is 1. The highest BCUT2D eigenvalue weighted by Crippen LogP contribution is 2.28. The van der Waals surface area contributed by atoms with Crippen LogP contribution in [0.5, 0.6) is 0 Å². The molecule has 120 valence electrons. The summed E-state index contributed by atoms with van der Waals surface area (Å²) in [7, 11) is 1.29. The van der Waals surface area contributed by atoms with Crippen molar-refractivity contribution in [3.8, 4) is 0 Å². The van der Waals surface area contributed by atoms with Crippen molar-refractivity contribution in [1.82, 2.24) is 10.3 Å². The highest BCUT2D eigenvalue weighted by atomic mass is 35.5. The van der Waals surface area contributed by atoms with Gasteiger partial charge in [0, 0.05) is 12.4 Å². The largest absolute Gasteiger partial charge is 0.467 e. The van der Waals surface area contributed by atoms with Crippen LogP contribution < -0.4 is 5.32 Å². The van der Waals surface area contributed by atoms with E-state index in [0.717, 1.165) is 0 Å². The van der Waals surface area contributed by atoms with Crippen LogP contribution in [0.2, 0.25) is 5.02 Å². The minimum absolute atomic E-state index is 0.216. The minimum Gasteiger partial charge on any atom is -0.467 e. The van der Waals surface area contributed by atoms with Crippen LogP contribution in [0.15, 0.2) is 48.8 Å². The van der Waals surface area contributed by atoms with Gasteiger partial charge in [-0.2, -0.15) is 0 Å². The number of hydrogen-bond donors (Lipinski definition) is 1. The second kappa shape index (κ2) is 7.24. The van der Waals surface area contributed by atoms with Gasteiger partial charge < -0.3 is 10.1 Å². The van der Waals surface area contributed by atoms with Crippen LogP contribution >= 0.6 is 11.6 Å². The van der Waals surface area contributed by atoms with Gasteiger partial charge in [-0.05, 0) is 18.1 Å². The van der Waals surface area contributed by atoms with E-state index in [2.05, 4.69) is 10.3 Å². The van der Waals surface area contributed by atoms with E-state index in [-0.39, 0.29) is 10.6 Å². The van der Waals surface area contributed by atoms with Gasteiger partial charge in [0.15, 0.2) is 5.54 Å². The molecule has 1 aromatic heterocycles. The summed E-state index contributed by atoms with van der Waals surface area (Å²) in [5, 5.41) is 2.99. The van der Waals surface area contributed by atoms with Crippen LogP contribution in [0.3, 0.4) is 0 Å². The number of esters is 1. The maximum Gasteiger partial charge on any atom is 0.336 e. The second-order valence-corrected chi connectivity index (χ2v) is 5.33. The van der Waals surface area contributed by atoms with Crippen LogP contribution in [0.25, 0.3) is 0 Å². The Hall–Kier alpha value is -2.40. The molecule has 0 aliphatic rings. The first-order chi connectivity index (χ1) is 11.0. The van der Waals surface area contributed by atoms with Gasteiger partial charge in [-0.1, -0.05) is 48.9 Å². The van der Waals surface area contributed by atoms with Gasteiger partial charge in [-0.15, -0.1) is 0 Å². The van der Waals surface area contributed by atoms with Gasteiger partial charge in [0.05, 0.1) is 17.7 Å². The maximum atomic E-state index is 12.6. The number of halogens is 1. The number of hydrogen-bond acceptors (Lipinski definition) is 4. The van der Waals surface area contributed by atoms with E-state index < -0.39 is 17.4 Å². The molecule has 1 atom stereocenters. The van der Waals surface area contributed by atoms with Crippen LogP contribution in [0, 0.1) is 0 Å². The van der Waals surface area contributed by atoms with Crippen molar-refractivity contribution in [3.63, 3.8) is 0 Å². The molecule has 2 rings (SSSR count). The van der Waals surface area contributed by atoms with Crippen molar-refractivity contribution in [2.75, 3.05) is 7.11 Å². The molecule has 0 radical (unpaired) electrons. The molecule has 0 unspecified atom stereocenters. The first-order valence-corrected chi connectivity index (χ1v) is 7.49. The van der Waals surface area contributed by atoms with E-state index in [0.29, 0.717) is 12.0 Å². The Morgan fingerprint density at radius 1 is 1.26 bits per heavy atom. The fourth-order valence-electron chi connectivity index (χ4n) is 2.40. The number of amides is 1. The lowest BCUT2D eigenvalue weighted by atomic mass is 9.86. The lowest BCUT2D eigenvalue weighted by Gasteiger charge is -2.31. The summed E-state index contributed by atoms with van der Waals surface area (Å²) in [4.78, 5) is 28.9. The molecule has 1 heterocycles. The molecule has 0 aliphatic heterocycles. The Bertz CT molecular complexity index is 706. The standard InChI is InChI=1S/C17H17ClN2O3/c1-3-17(16(22)23-2,12-7-5-4-6-8-12)20-15(21)13-9-10-19-11-14(13)18/h4-11H,3H2,1-2H3,(H,20,21)/t17-/m0/s1. The van der Waals surface area contributed by atoms with Crippen molar-refractivity contribution in [2.24, 2.45) is 0 Å². The van der Waals surface area contributed by atoms with Gasteiger partial charge in [0.25, 0.3) is 5.91 Å². The van der Waals surface area contributed by atoms with Gasteiger partial charge >= 0.3 is 5.97 Å². The van der Waals surface area contributed by atoms with Crippen LogP contribution in [-0.2, 0) is 15.1 Å². The number of carbonyl (C=O) groups is 2. The molecule has 0 aliphatic carbocycles. The normalized spacial score (nSPS) is 13.0. The molecule has 5 nitrogen and oxygen atoms in total. The van der Waals surface area contributed by atoms with Crippen LogP contribution in [-0.4, -0.2) is 24.0 Å². The summed E-state index contributed by atoms with van der Waals surface area (Å²) >= 11 is 6.01. The molecular weight excluding hydrogens is 316 g/mol. The fourth-order valence-corrected chi connectivity index (χ4v) is 2.60. The number of benzene rings is 1. The second-order valence-electron chi connectivity index (χ2n) is 4.93. The third kappa shape index (κ3) is 3.35. The van der Waals surface area contributed by atoms with Gasteiger partial charge in [0.2, 0.25) is 0 Å². The highest BCUT2D eigenvalue weighted by Gasteiger charge is 2.41. The zero-order chi connectivity index (χ0) is 16.9. The van der Waals surface area contributed by atoms with Crippen molar-refractivity contribution in [3.05, 3.63) is 64.9 Å². The summed E-state index contributed by atoms with van der Waals surface area (Å²) in [5.74, 6) is -1.00. The zero-order valence-corrected chi connectivity index (χ0v) is 13.6. The van der Waals surface area contributed by atoms with Gasteiger partial charge in [-0.25, -0.2) is 4.79 Å². The topological polar surface area (TPSA) is 68.3 Å². The summed E-state index contributed by atoms with van der Waals surface area (Å²) in [5.41, 5.74) is -0.383. The summed E-state index contributed by atoms with van der Waals surface area (Å²) in [6.07, 6.45) is 3.18. The quantitative estimate of drug-likeness (QED) is 0.855. The number of ether oxygens (including phenoxy) is 1. The van der Waals surface area contributed by atoms with E-state index in [1.807, 2.05) is 6.07 Å². The van der Waals surface area contributed by atoms with E-state index in [1.54, 1.807) is 31.2 Å². The first kappa shape index (κ1) is 17.0. The Kier molecular flexibility index (Phi) is 5.34. The number of rotatable bonds is 5. The molecule has 0 bridgehead atoms. The summed E-state index contributed by atoms with van der Waals surface area (Å²) in [6.45, 7) is 1.80. The average molecular weight is 333 g/mol. The number of pyridine rings is 1. The third-order valence-corrected chi connectivity index (χ3v) is 3.98. The molecule has 1 aromatic carbocycles. The lowest BCUT2D eigenvalue weighted by molar-refractivity contribution is -0.149. The fraction of sp³-hybridized carbons (Fsp3) is 0.235. The van der Waals surface area contributed by atoms with Crippen LogP contribution in [0.4, 0.5) is 0 Å². The minimum atomic E-state index is -1.28. The Morgan fingerprint density at radius 2 is 1.96 bits per heavy atom. The van der Waals surface area contributed by atoms with E-state index >= 15 is 0 Å². The average Bonchev–Trinajstić information content (AvgIpc) is 2.60. The molecule has 0 saturated carbocycles. The van der Waals surface area contributed by atoms with Crippen molar-refractivity contribution in [1.29, 1.82) is 0 Å². The number of methoxy groups -OCH3 is 1. The monoisotopic (exact) mass is 332 g/mol. The van der Waals surface area contributed by atoms with E-state index in [1.165, 1.54) is 25.6 Å². The Labute approximate surface area is 139 Å². The van der Waals surface area contributed by atoms with Crippen LogP contribution in [0.1, 0.15) is 29.3 Å². The third-order valence-electron chi connectivity index (χ3n) is 3.67. The summed E-state index contributed by atoms with van der Waals surface area (Å²) in [6, 6.07) is 10.5.